The highest BCUT2D eigenvalue weighted by Gasteiger charge is 2.27. The summed E-state index contributed by atoms with van der Waals surface area (Å²) in [5, 5.41) is 0.576. The maximum absolute atomic E-state index is 11.3. The van der Waals surface area contributed by atoms with E-state index in [4.69, 9.17) is 4.74 Å². The maximum atomic E-state index is 11.3. The Balaban J connectivity index is 2.03. The van der Waals surface area contributed by atoms with Crippen molar-refractivity contribution in [3.63, 3.8) is 0 Å². The Bertz CT molecular complexity index is 492. The third kappa shape index (κ3) is 6.06. The van der Waals surface area contributed by atoms with Crippen molar-refractivity contribution < 1.29 is 9.53 Å². The molecule has 0 aliphatic heterocycles. The number of carbonyl (C=O) groups excluding carboxylic acids is 1. The molecule has 1 aliphatic carbocycles. The Kier molecular flexibility index (Phi) is 7.73. The van der Waals surface area contributed by atoms with Crippen LogP contribution in [0.3, 0.4) is 0 Å². The average Bonchev–Trinajstić information content (AvgIpc) is 2.61. The SMILES string of the molecule is COC(=O)C/C=C/[C@@H](C)[C@H](Sc1ccccc1)C1CCCCC1. The van der Waals surface area contributed by atoms with Gasteiger partial charge in [0.15, 0.2) is 0 Å². The zero-order valence-electron chi connectivity index (χ0n) is 14.2. The molecule has 1 aromatic rings. The lowest BCUT2D eigenvalue weighted by Gasteiger charge is -2.33. The van der Waals surface area contributed by atoms with Gasteiger partial charge in [-0.3, -0.25) is 4.79 Å². The number of hydrogen-bond acceptors (Lipinski definition) is 3. The Morgan fingerprint density at radius 1 is 1.26 bits per heavy atom. The lowest BCUT2D eigenvalue weighted by atomic mass is 9.82. The van der Waals surface area contributed by atoms with E-state index >= 15 is 0 Å². The van der Waals surface area contributed by atoms with Crippen LogP contribution in [0.5, 0.6) is 0 Å². The van der Waals surface area contributed by atoms with Crippen LogP contribution in [-0.4, -0.2) is 18.3 Å². The molecule has 3 heteroatoms. The van der Waals surface area contributed by atoms with Crippen molar-refractivity contribution in [1.82, 2.24) is 0 Å². The highest BCUT2D eigenvalue weighted by Crippen LogP contribution is 2.40. The first-order valence-electron chi connectivity index (χ1n) is 8.66. The van der Waals surface area contributed by atoms with Crippen molar-refractivity contribution in [3.8, 4) is 0 Å². The molecule has 2 nitrogen and oxygen atoms in total. The molecule has 1 fully saturated rings. The molecule has 0 heterocycles. The third-order valence-electron chi connectivity index (χ3n) is 4.60. The fourth-order valence-corrected chi connectivity index (χ4v) is 4.72. The summed E-state index contributed by atoms with van der Waals surface area (Å²) in [4.78, 5) is 12.6. The summed E-state index contributed by atoms with van der Waals surface area (Å²) in [6.45, 7) is 2.28. The monoisotopic (exact) mass is 332 g/mol. The van der Waals surface area contributed by atoms with Crippen LogP contribution in [0.15, 0.2) is 47.4 Å². The van der Waals surface area contributed by atoms with Gasteiger partial charge in [-0.2, -0.15) is 0 Å². The first kappa shape index (κ1) is 18.1. The van der Waals surface area contributed by atoms with E-state index in [-0.39, 0.29) is 5.97 Å². The highest BCUT2D eigenvalue weighted by atomic mass is 32.2. The number of rotatable bonds is 7. The molecule has 0 radical (unpaired) electrons. The first-order chi connectivity index (χ1) is 11.2. The lowest BCUT2D eigenvalue weighted by Crippen LogP contribution is -2.25. The smallest absolute Gasteiger partial charge is 0.309 e. The van der Waals surface area contributed by atoms with Gasteiger partial charge in [-0.1, -0.05) is 56.5 Å². The summed E-state index contributed by atoms with van der Waals surface area (Å²) < 4.78 is 4.71. The minimum absolute atomic E-state index is 0.168. The van der Waals surface area contributed by atoms with Crippen LogP contribution in [0.25, 0.3) is 0 Å². The fraction of sp³-hybridized carbons (Fsp3) is 0.550. The van der Waals surface area contributed by atoms with E-state index < -0.39 is 0 Å². The van der Waals surface area contributed by atoms with Gasteiger partial charge in [0.2, 0.25) is 0 Å². The summed E-state index contributed by atoms with van der Waals surface area (Å²) >= 11 is 2.00. The van der Waals surface area contributed by atoms with Gasteiger partial charge in [0, 0.05) is 10.1 Å². The van der Waals surface area contributed by atoms with E-state index in [1.54, 1.807) is 0 Å². The van der Waals surface area contributed by atoms with Crippen LogP contribution in [0.1, 0.15) is 45.4 Å². The Morgan fingerprint density at radius 2 is 1.96 bits per heavy atom. The first-order valence-corrected chi connectivity index (χ1v) is 9.54. The zero-order valence-corrected chi connectivity index (χ0v) is 15.1. The van der Waals surface area contributed by atoms with E-state index in [1.165, 1.54) is 44.1 Å². The predicted molar refractivity (Wildman–Crippen MR) is 97.6 cm³/mol. The quantitative estimate of drug-likeness (QED) is 0.375. The van der Waals surface area contributed by atoms with Gasteiger partial charge in [-0.05, 0) is 36.8 Å². The van der Waals surface area contributed by atoms with Crippen molar-refractivity contribution in [2.75, 3.05) is 7.11 Å². The third-order valence-corrected chi connectivity index (χ3v) is 6.23. The summed E-state index contributed by atoms with van der Waals surface area (Å²) in [5.41, 5.74) is 0. The van der Waals surface area contributed by atoms with Crippen LogP contribution in [0.2, 0.25) is 0 Å². The minimum Gasteiger partial charge on any atom is -0.469 e. The summed E-state index contributed by atoms with van der Waals surface area (Å²) in [6, 6.07) is 10.7. The number of benzene rings is 1. The Morgan fingerprint density at radius 3 is 2.61 bits per heavy atom. The van der Waals surface area contributed by atoms with Crippen LogP contribution < -0.4 is 0 Å². The molecule has 1 saturated carbocycles. The van der Waals surface area contributed by atoms with Gasteiger partial charge in [-0.15, -0.1) is 11.8 Å². The number of thioether (sulfide) groups is 1. The number of allylic oxidation sites excluding steroid dienone is 1. The molecular formula is C20H28O2S. The van der Waals surface area contributed by atoms with Crippen LogP contribution in [0, 0.1) is 11.8 Å². The highest BCUT2D eigenvalue weighted by molar-refractivity contribution is 8.00. The zero-order chi connectivity index (χ0) is 16.5. The fourth-order valence-electron chi connectivity index (χ4n) is 3.32. The van der Waals surface area contributed by atoms with Crippen molar-refractivity contribution in [3.05, 3.63) is 42.5 Å². The molecule has 1 aliphatic rings. The summed E-state index contributed by atoms with van der Waals surface area (Å²) in [7, 11) is 1.44. The molecule has 0 unspecified atom stereocenters. The number of carbonyl (C=O) groups is 1. The normalized spacial score (nSPS) is 18.7. The number of methoxy groups -OCH3 is 1. The van der Waals surface area contributed by atoms with Gasteiger partial charge >= 0.3 is 5.97 Å². The molecule has 23 heavy (non-hydrogen) atoms. The molecule has 0 bridgehead atoms. The second-order valence-corrected chi connectivity index (χ2v) is 7.61. The molecule has 0 N–H and O–H groups in total. The standard InChI is InChI=1S/C20H28O2S/c1-16(10-9-15-19(21)22-2)20(17-11-5-3-6-12-17)23-18-13-7-4-8-14-18/h4,7-10,13-14,16-17,20H,3,5-6,11-12,15H2,1-2H3/b10-9+/t16-,20+/m1/s1. The molecule has 2 rings (SSSR count). The van der Waals surface area contributed by atoms with Crippen LogP contribution in [0.4, 0.5) is 0 Å². The van der Waals surface area contributed by atoms with Gasteiger partial charge in [-0.25, -0.2) is 0 Å². The molecule has 0 saturated heterocycles. The molecular weight excluding hydrogens is 304 g/mol. The summed E-state index contributed by atoms with van der Waals surface area (Å²) in [6.07, 6.45) is 11.3. The second-order valence-electron chi connectivity index (χ2n) is 6.36. The topological polar surface area (TPSA) is 26.3 Å². The largest absolute Gasteiger partial charge is 0.469 e. The van der Waals surface area contributed by atoms with Crippen molar-refractivity contribution >= 4 is 17.7 Å². The van der Waals surface area contributed by atoms with E-state index in [9.17, 15) is 4.79 Å². The second kappa shape index (κ2) is 9.82. The molecule has 126 valence electrons. The minimum atomic E-state index is -0.168. The molecule has 0 amide bonds. The molecule has 2 atom stereocenters. The Labute approximate surface area is 144 Å². The van der Waals surface area contributed by atoms with E-state index in [2.05, 4.69) is 43.3 Å². The van der Waals surface area contributed by atoms with Crippen molar-refractivity contribution in [2.24, 2.45) is 11.8 Å². The van der Waals surface area contributed by atoms with Crippen LogP contribution in [-0.2, 0) is 9.53 Å². The number of hydrogen-bond donors (Lipinski definition) is 0. The predicted octanol–water partition coefficient (Wildman–Crippen LogP) is 5.48. The van der Waals surface area contributed by atoms with Gasteiger partial charge in [0.05, 0.1) is 13.5 Å². The average molecular weight is 333 g/mol. The van der Waals surface area contributed by atoms with Gasteiger partial charge in [0.25, 0.3) is 0 Å². The number of esters is 1. The Hall–Kier alpha value is -1.22. The van der Waals surface area contributed by atoms with E-state index in [0.29, 0.717) is 17.6 Å². The van der Waals surface area contributed by atoms with E-state index in [1.807, 2.05) is 17.8 Å². The van der Waals surface area contributed by atoms with Gasteiger partial charge in [0.1, 0.15) is 0 Å². The molecule has 0 spiro atoms. The van der Waals surface area contributed by atoms with Crippen molar-refractivity contribution in [2.45, 2.75) is 55.6 Å². The summed E-state index contributed by atoms with van der Waals surface area (Å²) in [5.74, 6) is 1.05. The molecule has 1 aromatic carbocycles. The van der Waals surface area contributed by atoms with Crippen molar-refractivity contribution in [1.29, 1.82) is 0 Å². The van der Waals surface area contributed by atoms with Gasteiger partial charge < -0.3 is 4.74 Å². The van der Waals surface area contributed by atoms with Crippen LogP contribution >= 0.6 is 11.8 Å². The molecule has 0 aromatic heterocycles. The number of ether oxygens (including phenoxy) is 1. The lowest BCUT2D eigenvalue weighted by molar-refractivity contribution is -0.139. The van der Waals surface area contributed by atoms with E-state index in [0.717, 1.165) is 5.92 Å². The maximum Gasteiger partial charge on any atom is 0.309 e.